The first-order valence-corrected chi connectivity index (χ1v) is 19.1. The molecule has 7 aromatic carbocycles. The number of benzene rings is 7. The molecule has 0 radical (unpaired) electrons. The maximum absolute atomic E-state index is 5.43. The zero-order valence-corrected chi connectivity index (χ0v) is 30.8. The van der Waals surface area contributed by atoms with Gasteiger partial charge in [0.15, 0.2) is 0 Å². The van der Waals surface area contributed by atoms with Crippen LogP contribution < -0.4 is 0 Å². The molecule has 2 aromatic heterocycles. The Kier molecular flexibility index (Phi) is 8.09. The molecule has 0 fully saturated rings. The van der Waals surface area contributed by atoms with Gasteiger partial charge in [-0.3, -0.25) is 4.57 Å². The Morgan fingerprint density at radius 3 is 1.69 bits per heavy atom. The summed E-state index contributed by atoms with van der Waals surface area (Å²) in [5.41, 5.74) is 14.7. The van der Waals surface area contributed by atoms with Crippen LogP contribution in [-0.4, -0.2) is 9.55 Å². The molecule has 0 unspecified atom stereocenters. The molecule has 0 saturated heterocycles. The molecule has 0 spiro atoms. The summed E-state index contributed by atoms with van der Waals surface area (Å²) < 4.78 is 5.02. The second-order valence-electron chi connectivity index (χ2n) is 14.4. The second kappa shape index (κ2) is 13.1. The van der Waals surface area contributed by atoms with Gasteiger partial charge in [-0.05, 0) is 98.8 Å². The average Bonchev–Trinajstić information content (AvgIpc) is 3.76. The lowest BCUT2D eigenvalue weighted by molar-refractivity contribution is 0.812. The number of hydrogen-bond acceptors (Lipinski definition) is 2. The zero-order chi connectivity index (χ0) is 35.3. The van der Waals surface area contributed by atoms with Gasteiger partial charge in [0.25, 0.3) is 0 Å². The molecule has 0 saturated carbocycles. The molecule has 0 atom stereocenters. The highest BCUT2D eigenvalue weighted by atomic mass is 32.1. The predicted molar refractivity (Wildman–Crippen MR) is 224 cm³/mol. The van der Waals surface area contributed by atoms with E-state index in [0.29, 0.717) is 11.8 Å². The molecule has 0 aliphatic heterocycles. The SMILES string of the molecule is CC(C)c1cc(-c2ccccc2)cc(C(C)C)c1-n1c(-c2cccc3c2sc2ccc(-c4ccc(-c5ccccc5)cc4)cc23)nc2ccccc21. The van der Waals surface area contributed by atoms with Crippen LogP contribution in [0.4, 0.5) is 0 Å². The second-order valence-corrected chi connectivity index (χ2v) is 15.4. The normalized spacial score (nSPS) is 11.8. The molecule has 9 aromatic rings. The minimum absolute atomic E-state index is 0.311. The highest BCUT2D eigenvalue weighted by Crippen LogP contribution is 2.45. The largest absolute Gasteiger partial charge is 0.292 e. The smallest absolute Gasteiger partial charge is 0.147 e. The minimum Gasteiger partial charge on any atom is -0.292 e. The van der Waals surface area contributed by atoms with Gasteiger partial charge in [0, 0.05) is 25.7 Å². The van der Waals surface area contributed by atoms with Gasteiger partial charge >= 0.3 is 0 Å². The van der Waals surface area contributed by atoms with Crippen LogP contribution in [0.5, 0.6) is 0 Å². The molecular weight excluding hydrogens is 649 g/mol. The number of fused-ring (bicyclic) bond motifs is 4. The minimum atomic E-state index is 0.311. The third-order valence-corrected chi connectivity index (χ3v) is 11.6. The van der Waals surface area contributed by atoms with Crippen molar-refractivity contribution in [2.75, 3.05) is 0 Å². The van der Waals surface area contributed by atoms with Crippen molar-refractivity contribution >= 4 is 42.5 Å². The van der Waals surface area contributed by atoms with Crippen LogP contribution in [-0.2, 0) is 0 Å². The number of hydrogen-bond donors (Lipinski definition) is 0. The molecule has 0 aliphatic rings. The first kappa shape index (κ1) is 32.2. The monoisotopic (exact) mass is 688 g/mol. The number of aromatic nitrogens is 2. The average molecular weight is 689 g/mol. The number of imidazole rings is 1. The van der Waals surface area contributed by atoms with Crippen molar-refractivity contribution in [3.8, 4) is 50.5 Å². The lowest BCUT2D eigenvalue weighted by atomic mass is 9.88. The van der Waals surface area contributed by atoms with Crippen LogP contribution in [0.2, 0.25) is 0 Å². The van der Waals surface area contributed by atoms with Crippen LogP contribution >= 0.6 is 11.3 Å². The van der Waals surface area contributed by atoms with Crippen molar-refractivity contribution in [3.63, 3.8) is 0 Å². The Hall–Kier alpha value is -5.77. The van der Waals surface area contributed by atoms with E-state index in [1.54, 1.807) is 0 Å². The molecule has 3 heteroatoms. The quantitative estimate of drug-likeness (QED) is 0.163. The Bertz CT molecular complexity index is 2680. The van der Waals surface area contributed by atoms with E-state index >= 15 is 0 Å². The van der Waals surface area contributed by atoms with Gasteiger partial charge in [-0.2, -0.15) is 0 Å². The van der Waals surface area contributed by atoms with E-state index in [1.807, 2.05) is 11.3 Å². The Morgan fingerprint density at radius 2 is 1.04 bits per heavy atom. The summed E-state index contributed by atoms with van der Waals surface area (Å²) in [6.45, 7) is 9.26. The van der Waals surface area contributed by atoms with Gasteiger partial charge in [-0.15, -0.1) is 11.3 Å². The van der Waals surface area contributed by atoms with Crippen molar-refractivity contribution in [2.24, 2.45) is 0 Å². The Labute approximate surface area is 309 Å². The molecular formula is C49H40N2S. The van der Waals surface area contributed by atoms with E-state index in [4.69, 9.17) is 4.98 Å². The zero-order valence-electron chi connectivity index (χ0n) is 30.0. The van der Waals surface area contributed by atoms with E-state index in [9.17, 15) is 0 Å². The maximum atomic E-state index is 5.43. The number of para-hydroxylation sites is 2. The highest BCUT2D eigenvalue weighted by molar-refractivity contribution is 7.26. The van der Waals surface area contributed by atoms with E-state index in [-0.39, 0.29) is 0 Å². The number of rotatable bonds is 7. The third kappa shape index (κ3) is 5.53. The van der Waals surface area contributed by atoms with Crippen LogP contribution in [0.3, 0.4) is 0 Å². The van der Waals surface area contributed by atoms with E-state index in [1.165, 1.54) is 75.9 Å². The Balaban J connectivity index is 1.24. The fourth-order valence-corrected chi connectivity index (χ4v) is 8.88. The van der Waals surface area contributed by atoms with E-state index < -0.39 is 0 Å². The molecule has 52 heavy (non-hydrogen) atoms. The molecule has 0 amide bonds. The molecule has 2 nitrogen and oxygen atoms in total. The molecule has 0 bridgehead atoms. The standard InChI is InChI=1S/C49H40N2S/c1-31(2)41-29-38(34-16-9-6-10-17-34)30-42(32(3)4)47(41)51-45-21-12-11-20-44(45)50-49(51)40-19-13-18-39-43-28-37(26-27-46(43)52-48(39)40)36-24-22-35(23-25-36)33-14-7-5-8-15-33/h5-32H,1-4H3. The van der Waals surface area contributed by atoms with Gasteiger partial charge in [-0.25, -0.2) is 4.98 Å². The number of thiophene rings is 1. The molecule has 9 rings (SSSR count). The van der Waals surface area contributed by atoms with Gasteiger partial charge in [0.2, 0.25) is 0 Å². The first-order valence-electron chi connectivity index (χ1n) is 18.3. The van der Waals surface area contributed by atoms with Crippen LogP contribution in [0.25, 0.3) is 81.7 Å². The summed E-state index contributed by atoms with van der Waals surface area (Å²) in [4.78, 5) is 5.43. The van der Waals surface area contributed by atoms with Crippen molar-refractivity contribution in [2.45, 2.75) is 39.5 Å². The summed E-state index contributed by atoms with van der Waals surface area (Å²) in [6.07, 6.45) is 0. The highest BCUT2D eigenvalue weighted by Gasteiger charge is 2.25. The maximum Gasteiger partial charge on any atom is 0.147 e. The van der Waals surface area contributed by atoms with Gasteiger partial charge in [0.1, 0.15) is 5.82 Å². The summed E-state index contributed by atoms with van der Waals surface area (Å²) in [6, 6.07) is 57.4. The van der Waals surface area contributed by atoms with Crippen molar-refractivity contribution in [3.05, 3.63) is 169 Å². The van der Waals surface area contributed by atoms with Crippen molar-refractivity contribution in [1.29, 1.82) is 0 Å². The van der Waals surface area contributed by atoms with Gasteiger partial charge in [0.05, 0.1) is 16.7 Å². The van der Waals surface area contributed by atoms with Crippen LogP contribution in [0.15, 0.2) is 158 Å². The lowest BCUT2D eigenvalue weighted by Gasteiger charge is -2.24. The van der Waals surface area contributed by atoms with Crippen LogP contribution in [0, 0.1) is 0 Å². The Morgan fingerprint density at radius 1 is 0.481 bits per heavy atom. The molecule has 0 N–H and O–H groups in total. The lowest BCUT2D eigenvalue weighted by Crippen LogP contribution is -2.09. The van der Waals surface area contributed by atoms with Crippen LogP contribution in [0.1, 0.15) is 50.7 Å². The van der Waals surface area contributed by atoms with Crippen molar-refractivity contribution in [1.82, 2.24) is 9.55 Å². The van der Waals surface area contributed by atoms with Crippen molar-refractivity contribution < 1.29 is 0 Å². The van der Waals surface area contributed by atoms with E-state index in [2.05, 4.69) is 190 Å². The van der Waals surface area contributed by atoms with E-state index in [0.717, 1.165) is 16.9 Å². The van der Waals surface area contributed by atoms with Gasteiger partial charge in [-0.1, -0.05) is 143 Å². The third-order valence-electron chi connectivity index (χ3n) is 10.4. The first-order chi connectivity index (χ1) is 25.4. The summed E-state index contributed by atoms with van der Waals surface area (Å²) in [7, 11) is 0. The molecule has 252 valence electrons. The predicted octanol–water partition coefficient (Wildman–Crippen LogP) is 14.3. The fraction of sp³-hybridized carbons (Fsp3) is 0.122. The summed E-state index contributed by atoms with van der Waals surface area (Å²) in [5.74, 6) is 1.61. The summed E-state index contributed by atoms with van der Waals surface area (Å²) in [5, 5.41) is 2.55. The topological polar surface area (TPSA) is 17.8 Å². The molecule has 0 aliphatic carbocycles. The van der Waals surface area contributed by atoms with Gasteiger partial charge < -0.3 is 0 Å². The summed E-state index contributed by atoms with van der Waals surface area (Å²) >= 11 is 1.87. The fourth-order valence-electron chi connectivity index (χ4n) is 7.69. The number of nitrogens with zero attached hydrogens (tertiary/aromatic N) is 2. The molecule has 2 heterocycles.